The molecule has 2 nitrogen and oxygen atoms in total. The van der Waals surface area contributed by atoms with Crippen LogP contribution >= 0.6 is 11.6 Å². The maximum absolute atomic E-state index is 5.99. The van der Waals surface area contributed by atoms with Gasteiger partial charge >= 0.3 is 0 Å². The van der Waals surface area contributed by atoms with E-state index in [0.29, 0.717) is 12.1 Å². The molecule has 2 N–H and O–H groups in total. The number of hydrogen-bond donors (Lipinski definition) is 1. The normalized spacial score (nSPS) is 26.7. The summed E-state index contributed by atoms with van der Waals surface area (Å²) in [6.07, 6.45) is 2.13. The van der Waals surface area contributed by atoms with Gasteiger partial charge in [0.15, 0.2) is 0 Å². The third-order valence-electron chi connectivity index (χ3n) is 3.06. The molecule has 1 aromatic carbocycles. The van der Waals surface area contributed by atoms with Crippen molar-refractivity contribution in [2.45, 2.75) is 31.8 Å². The largest absolute Gasteiger partial charge is 0.369 e. The molecule has 1 saturated heterocycles. The fourth-order valence-corrected chi connectivity index (χ4v) is 2.43. The van der Waals surface area contributed by atoms with E-state index in [9.17, 15) is 0 Å². The van der Waals surface area contributed by atoms with Gasteiger partial charge in [0.1, 0.15) is 0 Å². The summed E-state index contributed by atoms with van der Waals surface area (Å²) in [4.78, 5) is 2.38. The molecule has 15 heavy (non-hydrogen) atoms. The Morgan fingerprint density at radius 3 is 2.93 bits per heavy atom. The minimum Gasteiger partial charge on any atom is -0.369 e. The lowest BCUT2D eigenvalue weighted by Crippen LogP contribution is -2.45. The Bertz CT molecular complexity index is 340. The lowest BCUT2D eigenvalue weighted by molar-refractivity contribution is 0.430. The van der Waals surface area contributed by atoms with E-state index in [1.807, 2.05) is 18.2 Å². The molecule has 0 saturated carbocycles. The third-order valence-corrected chi connectivity index (χ3v) is 3.29. The topological polar surface area (TPSA) is 29.3 Å². The molecule has 1 aromatic rings. The minimum absolute atomic E-state index is 0.357. The van der Waals surface area contributed by atoms with Crippen molar-refractivity contribution < 1.29 is 0 Å². The van der Waals surface area contributed by atoms with E-state index in [0.717, 1.165) is 24.4 Å². The van der Waals surface area contributed by atoms with Crippen molar-refractivity contribution in [2.75, 3.05) is 11.4 Å². The molecule has 0 aromatic heterocycles. The SMILES string of the molecule is CC1CC(N)CCN1c1cccc(Cl)c1. The van der Waals surface area contributed by atoms with Crippen LogP contribution < -0.4 is 10.6 Å². The van der Waals surface area contributed by atoms with Crippen LogP contribution in [-0.4, -0.2) is 18.6 Å². The van der Waals surface area contributed by atoms with Gasteiger partial charge in [-0.25, -0.2) is 0 Å². The molecule has 1 heterocycles. The molecule has 1 fully saturated rings. The third kappa shape index (κ3) is 2.44. The highest BCUT2D eigenvalue weighted by Crippen LogP contribution is 2.26. The number of benzene rings is 1. The predicted octanol–water partition coefficient (Wildman–Crippen LogP) is 2.66. The lowest BCUT2D eigenvalue weighted by atomic mass is 9.98. The van der Waals surface area contributed by atoms with Gasteiger partial charge in [-0.15, -0.1) is 0 Å². The first-order valence-corrected chi connectivity index (χ1v) is 5.82. The maximum atomic E-state index is 5.99. The zero-order valence-electron chi connectivity index (χ0n) is 8.99. The minimum atomic E-state index is 0.357. The number of nitrogens with two attached hydrogens (primary N) is 1. The molecule has 3 heteroatoms. The molecule has 0 bridgehead atoms. The van der Waals surface area contributed by atoms with Gasteiger partial charge in [-0.3, -0.25) is 0 Å². The van der Waals surface area contributed by atoms with Crippen LogP contribution in [-0.2, 0) is 0 Å². The van der Waals surface area contributed by atoms with Gasteiger partial charge in [0.2, 0.25) is 0 Å². The van der Waals surface area contributed by atoms with Gasteiger partial charge in [0.25, 0.3) is 0 Å². The summed E-state index contributed by atoms with van der Waals surface area (Å²) < 4.78 is 0. The summed E-state index contributed by atoms with van der Waals surface area (Å²) in [5.74, 6) is 0. The first-order valence-electron chi connectivity index (χ1n) is 5.44. The van der Waals surface area contributed by atoms with Gasteiger partial charge in [0, 0.05) is 29.3 Å². The molecular formula is C12H17ClN2. The summed E-state index contributed by atoms with van der Waals surface area (Å²) >= 11 is 5.99. The van der Waals surface area contributed by atoms with Gasteiger partial charge in [0.05, 0.1) is 0 Å². The van der Waals surface area contributed by atoms with E-state index in [1.165, 1.54) is 5.69 Å². The second-order valence-corrected chi connectivity index (χ2v) is 4.74. The highest BCUT2D eigenvalue weighted by Gasteiger charge is 2.23. The van der Waals surface area contributed by atoms with E-state index in [2.05, 4.69) is 17.9 Å². The first kappa shape index (κ1) is 10.8. The summed E-state index contributed by atoms with van der Waals surface area (Å²) in [7, 11) is 0. The van der Waals surface area contributed by atoms with Crippen LogP contribution in [0.3, 0.4) is 0 Å². The number of rotatable bonds is 1. The van der Waals surface area contributed by atoms with E-state index in [4.69, 9.17) is 17.3 Å². The maximum Gasteiger partial charge on any atom is 0.0426 e. The average molecular weight is 225 g/mol. The Labute approximate surface area is 96.0 Å². The number of halogens is 1. The molecule has 1 aliphatic rings. The molecule has 0 aliphatic carbocycles. The predicted molar refractivity (Wildman–Crippen MR) is 65.5 cm³/mol. The number of anilines is 1. The van der Waals surface area contributed by atoms with Crippen LogP contribution in [0.15, 0.2) is 24.3 Å². The van der Waals surface area contributed by atoms with Crippen molar-refractivity contribution >= 4 is 17.3 Å². The van der Waals surface area contributed by atoms with Crippen molar-refractivity contribution in [3.05, 3.63) is 29.3 Å². The Kier molecular flexibility index (Phi) is 3.17. The van der Waals surface area contributed by atoms with E-state index >= 15 is 0 Å². The molecular weight excluding hydrogens is 208 g/mol. The zero-order chi connectivity index (χ0) is 10.8. The summed E-state index contributed by atoms with van der Waals surface area (Å²) in [6, 6.07) is 8.90. The van der Waals surface area contributed by atoms with E-state index in [-0.39, 0.29) is 0 Å². The average Bonchev–Trinajstić information content (AvgIpc) is 2.17. The fraction of sp³-hybridized carbons (Fsp3) is 0.500. The smallest absolute Gasteiger partial charge is 0.0426 e. The zero-order valence-corrected chi connectivity index (χ0v) is 9.74. The highest BCUT2D eigenvalue weighted by atomic mass is 35.5. The van der Waals surface area contributed by atoms with Crippen molar-refractivity contribution in [3.8, 4) is 0 Å². The van der Waals surface area contributed by atoms with Crippen LogP contribution in [0.5, 0.6) is 0 Å². The Morgan fingerprint density at radius 1 is 1.47 bits per heavy atom. The second-order valence-electron chi connectivity index (χ2n) is 4.31. The van der Waals surface area contributed by atoms with Gasteiger partial charge in [-0.2, -0.15) is 0 Å². The highest BCUT2D eigenvalue weighted by molar-refractivity contribution is 6.30. The quantitative estimate of drug-likeness (QED) is 0.795. The van der Waals surface area contributed by atoms with E-state index < -0.39 is 0 Å². The van der Waals surface area contributed by atoms with Gasteiger partial charge in [-0.05, 0) is 38.0 Å². The molecule has 2 atom stereocenters. The second kappa shape index (κ2) is 4.42. The van der Waals surface area contributed by atoms with E-state index in [1.54, 1.807) is 0 Å². The Morgan fingerprint density at radius 2 is 2.27 bits per heavy atom. The lowest BCUT2D eigenvalue weighted by Gasteiger charge is -2.38. The summed E-state index contributed by atoms with van der Waals surface area (Å²) in [5.41, 5.74) is 7.15. The van der Waals surface area contributed by atoms with Crippen LogP contribution in [0.4, 0.5) is 5.69 Å². The summed E-state index contributed by atoms with van der Waals surface area (Å²) in [5, 5.41) is 0.801. The summed E-state index contributed by atoms with van der Waals surface area (Å²) in [6.45, 7) is 3.25. The van der Waals surface area contributed by atoms with Gasteiger partial charge in [-0.1, -0.05) is 17.7 Å². The number of nitrogens with zero attached hydrogens (tertiary/aromatic N) is 1. The Balaban J connectivity index is 2.17. The first-order chi connectivity index (χ1) is 7.16. The van der Waals surface area contributed by atoms with Gasteiger partial charge < -0.3 is 10.6 Å². The molecule has 2 unspecified atom stereocenters. The monoisotopic (exact) mass is 224 g/mol. The number of hydrogen-bond acceptors (Lipinski definition) is 2. The van der Waals surface area contributed by atoms with Crippen molar-refractivity contribution in [2.24, 2.45) is 5.73 Å². The molecule has 2 rings (SSSR count). The van der Waals surface area contributed by atoms with Crippen LogP contribution in [0.2, 0.25) is 5.02 Å². The molecule has 0 radical (unpaired) electrons. The van der Waals surface area contributed by atoms with Crippen molar-refractivity contribution in [3.63, 3.8) is 0 Å². The molecule has 0 amide bonds. The fourth-order valence-electron chi connectivity index (χ4n) is 2.25. The number of piperidine rings is 1. The molecule has 1 aliphatic heterocycles. The van der Waals surface area contributed by atoms with Crippen molar-refractivity contribution in [1.29, 1.82) is 0 Å². The molecule has 82 valence electrons. The van der Waals surface area contributed by atoms with Crippen LogP contribution in [0.25, 0.3) is 0 Å². The standard InChI is InChI=1S/C12H17ClN2/c1-9-7-11(14)5-6-15(9)12-4-2-3-10(13)8-12/h2-4,8-9,11H,5-7,14H2,1H3. The van der Waals surface area contributed by atoms with Crippen molar-refractivity contribution in [1.82, 2.24) is 0 Å². The Hall–Kier alpha value is -0.730. The molecule has 0 spiro atoms. The van der Waals surface area contributed by atoms with Crippen LogP contribution in [0, 0.1) is 0 Å². The van der Waals surface area contributed by atoms with Crippen LogP contribution in [0.1, 0.15) is 19.8 Å².